The van der Waals surface area contributed by atoms with Gasteiger partial charge < -0.3 is 9.64 Å². The molecule has 0 spiro atoms. The van der Waals surface area contributed by atoms with E-state index in [1.807, 2.05) is 20.8 Å². The first-order valence-electron chi connectivity index (χ1n) is 6.40. The summed E-state index contributed by atoms with van der Waals surface area (Å²) >= 11 is 0. The van der Waals surface area contributed by atoms with Gasteiger partial charge in [-0.1, -0.05) is 0 Å². The molecule has 0 aromatic rings. The number of carbonyl (C=O) groups excluding carboxylic acids is 1. The lowest BCUT2D eigenvalue weighted by atomic mass is 9.97. The van der Waals surface area contributed by atoms with Crippen molar-refractivity contribution in [1.29, 1.82) is 0 Å². The van der Waals surface area contributed by atoms with Crippen LogP contribution in [0.3, 0.4) is 0 Å². The first-order valence-corrected chi connectivity index (χ1v) is 6.40. The molecule has 1 rings (SSSR count). The molecule has 16 heavy (non-hydrogen) atoms. The molecule has 0 bridgehead atoms. The zero-order valence-corrected chi connectivity index (χ0v) is 10.9. The van der Waals surface area contributed by atoms with Crippen LogP contribution < -0.4 is 0 Å². The molecule has 0 aromatic heterocycles. The average molecular weight is 227 g/mol. The van der Waals surface area contributed by atoms with Gasteiger partial charge in [0.05, 0.1) is 12.0 Å². The largest absolute Gasteiger partial charge is 0.465 e. The van der Waals surface area contributed by atoms with Crippen LogP contribution in [0.15, 0.2) is 0 Å². The number of unbranched alkanes of at least 4 members (excludes halogenated alkanes) is 1. The first kappa shape index (κ1) is 13.5. The fourth-order valence-electron chi connectivity index (χ4n) is 1.83. The molecular weight excluding hydrogens is 202 g/mol. The van der Waals surface area contributed by atoms with E-state index >= 15 is 0 Å². The molecule has 3 heteroatoms. The lowest BCUT2D eigenvalue weighted by Crippen LogP contribution is -2.24. The van der Waals surface area contributed by atoms with Crippen LogP contribution in [0.2, 0.25) is 0 Å². The van der Waals surface area contributed by atoms with Gasteiger partial charge in [0, 0.05) is 0 Å². The second kappa shape index (κ2) is 6.24. The van der Waals surface area contributed by atoms with E-state index in [0.717, 1.165) is 19.4 Å². The number of hydrogen-bond acceptors (Lipinski definition) is 3. The van der Waals surface area contributed by atoms with Crippen LogP contribution in [0, 0.1) is 5.41 Å². The zero-order valence-electron chi connectivity index (χ0n) is 10.9. The number of ether oxygens (including phenoxy) is 1. The Labute approximate surface area is 99.1 Å². The Kier molecular flexibility index (Phi) is 5.26. The molecule has 94 valence electrons. The predicted octanol–water partition coefficient (Wildman–Crippen LogP) is 2.45. The van der Waals surface area contributed by atoms with Crippen LogP contribution in [0.1, 0.15) is 46.5 Å². The number of likely N-dealkylation sites (tertiary alicyclic amines) is 1. The normalized spacial score (nSPS) is 17.7. The SMILES string of the molecule is CC(C)(C)C(=O)OCCCCN1CCCC1. The maximum Gasteiger partial charge on any atom is 0.311 e. The second-order valence-electron chi connectivity index (χ2n) is 5.64. The van der Waals surface area contributed by atoms with Gasteiger partial charge in [0.2, 0.25) is 0 Å². The summed E-state index contributed by atoms with van der Waals surface area (Å²) < 4.78 is 5.21. The lowest BCUT2D eigenvalue weighted by Gasteiger charge is -2.17. The Morgan fingerprint density at radius 3 is 2.38 bits per heavy atom. The Bertz CT molecular complexity index is 214. The standard InChI is InChI=1S/C13H25NO2/c1-13(2,3)12(15)16-11-7-6-10-14-8-4-5-9-14/h4-11H2,1-3H3. The van der Waals surface area contributed by atoms with Crippen LogP contribution in [-0.4, -0.2) is 37.1 Å². The van der Waals surface area contributed by atoms with Gasteiger partial charge in [0.25, 0.3) is 0 Å². The second-order valence-corrected chi connectivity index (χ2v) is 5.64. The molecule has 0 saturated carbocycles. The Hall–Kier alpha value is -0.570. The van der Waals surface area contributed by atoms with Crippen LogP contribution in [-0.2, 0) is 9.53 Å². The summed E-state index contributed by atoms with van der Waals surface area (Å²) in [6, 6.07) is 0. The molecule has 0 aliphatic carbocycles. The molecule has 1 aliphatic heterocycles. The van der Waals surface area contributed by atoms with E-state index in [2.05, 4.69) is 4.90 Å². The summed E-state index contributed by atoms with van der Waals surface area (Å²) in [4.78, 5) is 13.9. The summed E-state index contributed by atoms with van der Waals surface area (Å²) in [5.41, 5.74) is -0.366. The summed E-state index contributed by atoms with van der Waals surface area (Å²) in [7, 11) is 0. The molecule has 1 fully saturated rings. The van der Waals surface area contributed by atoms with Gasteiger partial charge in [0.1, 0.15) is 0 Å². The summed E-state index contributed by atoms with van der Waals surface area (Å²) in [5, 5.41) is 0. The van der Waals surface area contributed by atoms with Crippen molar-refractivity contribution in [3.63, 3.8) is 0 Å². The minimum Gasteiger partial charge on any atom is -0.465 e. The van der Waals surface area contributed by atoms with Crippen LogP contribution in [0.4, 0.5) is 0 Å². The van der Waals surface area contributed by atoms with Gasteiger partial charge in [-0.3, -0.25) is 4.79 Å². The zero-order chi connectivity index (χ0) is 12.0. The van der Waals surface area contributed by atoms with Crippen molar-refractivity contribution in [1.82, 2.24) is 4.90 Å². The van der Waals surface area contributed by atoms with E-state index in [9.17, 15) is 4.79 Å². The first-order chi connectivity index (χ1) is 7.50. The molecule has 0 aromatic carbocycles. The van der Waals surface area contributed by atoms with Crippen molar-refractivity contribution in [2.45, 2.75) is 46.5 Å². The van der Waals surface area contributed by atoms with E-state index in [1.165, 1.54) is 25.9 Å². The predicted molar refractivity (Wildman–Crippen MR) is 65.3 cm³/mol. The fourth-order valence-corrected chi connectivity index (χ4v) is 1.83. The number of nitrogens with zero attached hydrogens (tertiary/aromatic N) is 1. The highest BCUT2D eigenvalue weighted by molar-refractivity contribution is 5.75. The van der Waals surface area contributed by atoms with E-state index in [4.69, 9.17) is 4.74 Å². The Balaban J connectivity index is 1.97. The molecule has 0 amide bonds. The van der Waals surface area contributed by atoms with Gasteiger partial charge in [0.15, 0.2) is 0 Å². The van der Waals surface area contributed by atoms with Crippen molar-refractivity contribution in [2.75, 3.05) is 26.2 Å². The van der Waals surface area contributed by atoms with Crippen molar-refractivity contribution >= 4 is 5.97 Å². The van der Waals surface area contributed by atoms with E-state index in [1.54, 1.807) is 0 Å². The van der Waals surface area contributed by atoms with Crippen molar-refractivity contribution < 1.29 is 9.53 Å². The average Bonchev–Trinajstić information content (AvgIpc) is 2.68. The Morgan fingerprint density at radius 2 is 1.81 bits per heavy atom. The number of hydrogen-bond donors (Lipinski definition) is 0. The molecule has 0 atom stereocenters. The Morgan fingerprint density at radius 1 is 1.19 bits per heavy atom. The van der Waals surface area contributed by atoms with Gasteiger partial charge >= 0.3 is 5.97 Å². The molecule has 0 radical (unpaired) electrons. The van der Waals surface area contributed by atoms with E-state index in [0.29, 0.717) is 6.61 Å². The van der Waals surface area contributed by atoms with Gasteiger partial charge in [-0.2, -0.15) is 0 Å². The third-order valence-corrected chi connectivity index (χ3v) is 2.91. The maximum atomic E-state index is 11.5. The van der Waals surface area contributed by atoms with E-state index < -0.39 is 0 Å². The quantitative estimate of drug-likeness (QED) is 0.534. The lowest BCUT2D eigenvalue weighted by molar-refractivity contribution is -0.153. The molecule has 1 heterocycles. The highest BCUT2D eigenvalue weighted by Gasteiger charge is 2.22. The molecule has 3 nitrogen and oxygen atoms in total. The molecule has 0 N–H and O–H groups in total. The number of carbonyl (C=O) groups is 1. The molecule has 1 saturated heterocycles. The smallest absolute Gasteiger partial charge is 0.311 e. The van der Waals surface area contributed by atoms with Crippen LogP contribution in [0.25, 0.3) is 0 Å². The minimum absolute atomic E-state index is 0.0892. The topological polar surface area (TPSA) is 29.5 Å². The van der Waals surface area contributed by atoms with Gasteiger partial charge in [-0.15, -0.1) is 0 Å². The minimum atomic E-state index is -0.366. The van der Waals surface area contributed by atoms with Crippen LogP contribution >= 0.6 is 0 Å². The summed E-state index contributed by atoms with van der Waals surface area (Å²) in [6.07, 6.45) is 4.81. The van der Waals surface area contributed by atoms with Gasteiger partial charge in [-0.25, -0.2) is 0 Å². The van der Waals surface area contributed by atoms with E-state index in [-0.39, 0.29) is 11.4 Å². The fraction of sp³-hybridized carbons (Fsp3) is 0.923. The van der Waals surface area contributed by atoms with Gasteiger partial charge in [-0.05, 0) is 66.1 Å². The van der Waals surface area contributed by atoms with Crippen molar-refractivity contribution in [3.8, 4) is 0 Å². The third-order valence-electron chi connectivity index (χ3n) is 2.91. The molecule has 0 unspecified atom stereocenters. The summed E-state index contributed by atoms with van der Waals surface area (Å²) in [6.45, 7) is 9.90. The summed E-state index contributed by atoms with van der Waals surface area (Å²) in [5.74, 6) is -0.0892. The van der Waals surface area contributed by atoms with Crippen LogP contribution in [0.5, 0.6) is 0 Å². The highest BCUT2D eigenvalue weighted by atomic mass is 16.5. The third kappa shape index (κ3) is 4.97. The molecular formula is C13H25NO2. The maximum absolute atomic E-state index is 11.5. The number of esters is 1. The monoisotopic (exact) mass is 227 g/mol. The number of rotatable bonds is 5. The van der Waals surface area contributed by atoms with Crippen molar-refractivity contribution in [3.05, 3.63) is 0 Å². The van der Waals surface area contributed by atoms with Crippen molar-refractivity contribution in [2.24, 2.45) is 5.41 Å². The highest BCUT2D eigenvalue weighted by Crippen LogP contribution is 2.15. The molecule has 1 aliphatic rings.